The third-order valence-electron chi connectivity index (χ3n) is 4.00. The van der Waals surface area contributed by atoms with Gasteiger partial charge in [0.2, 0.25) is 0 Å². The number of nitrogens with zero attached hydrogens (tertiary/aromatic N) is 2. The predicted octanol–water partition coefficient (Wildman–Crippen LogP) is 2.34. The zero-order chi connectivity index (χ0) is 15.4. The van der Waals surface area contributed by atoms with Crippen molar-refractivity contribution in [3.8, 4) is 0 Å². The van der Waals surface area contributed by atoms with Gasteiger partial charge in [-0.3, -0.25) is 9.48 Å². The van der Waals surface area contributed by atoms with Crippen LogP contribution in [0.3, 0.4) is 0 Å². The van der Waals surface area contributed by atoms with Crippen molar-refractivity contribution >= 4 is 5.91 Å². The normalized spacial score (nSPS) is 17.0. The van der Waals surface area contributed by atoms with Crippen LogP contribution in [-0.2, 0) is 17.7 Å². The molecule has 0 saturated heterocycles. The number of amides is 1. The molecule has 1 aliphatic carbocycles. The third kappa shape index (κ3) is 3.20. The smallest absolute Gasteiger partial charge is 0.251 e. The maximum Gasteiger partial charge on any atom is 0.251 e. The average Bonchev–Trinajstić information content (AvgIpc) is 2.98. The van der Waals surface area contributed by atoms with Crippen molar-refractivity contribution in [1.29, 1.82) is 0 Å². The maximum atomic E-state index is 12.3. The number of carbonyl (C=O) groups is 1. The van der Waals surface area contributed by atoms with E-state index in [0.717, 1.165) is 31.5 Å². The summed E-state index contributed by atoms with van der Waals surface area (Å²) in [5.41, 5.74) is 2.93. The molecule has 3 rings (SSSR count). The lowest BCUT2D eigenvalue weighted by atomic mass is 9.93. The van der Waals surface area contributed by atoms with Crippen molar-refractivity contribution in [1.82, 2.24) is 15.1 Å². The summed E-state index contributed by atoms with van der Waals surface area (Å²) in [6, 6.07) is 9.32. The summed E-state index contributed by atoms with van der Waals surface area (Å²) in [7, 11) is 1.69. The van der Waals surface area contributed by atoms with E-state index in [4.69, 9.17) is 4.74 Å². The van der Waals surface area contributed by atoms with Crippen LogP contribution in [0, 0.1) is 0 Å². The number of methoxy groups -OCH3 is 1. The maximum absolute atomic E-state index is 12.3. The first kappa shape index (κ1) is 14.8. The highest BCUT2D eigenvalue weighted by Gasteiger charge is 2.25. The lowest BCUT2D eigenvalue weighted by molar-refractivity contribution is 0.0931. The molecular formula is C17H21N3O2. The van der Waals surface area contributed by atoms with Crippen molar-refractivity contribution < 1.29 is 9.53 Å². The molecule has 1 atom stereocenters. The van der Waals surface area contributed by atoms with E-state index in [9.17, 15) is 4.79 Å². The van der Waals surface area contributed by atoms with E-state index in [1.54, 1.807) is 7.11 Å². The van der Waals surface area contributed by atoms with E-state index in [1.807, 2.05) is 35.0 Å². The summed E-state index contributed by atoms with van der Waals surface area (Å²) in [4.78, 5) is 12.3. The fourth-order valence-electron chi connectivity index (χ4n) is 2.87. The minimum absolute atomic E-state index is 0.000232. The van der Waals surface area contributed by atoms with Crippen molar-refractivity contribution in [3.63, 3.8) is 0 Å². The van der Waals surface area contributed by atoms with Gasteiger partial charge in [0.15, 0.2) is 0 Å². The molecule has 5 nitrogen and oxygen atoms in total. The number of rotatable bonds is 5. The minimum atomic E-state index is -0.0371. The number of carbonyl (C=O) groups excluding carboxylic acids is 1. The monoisotopic (exact) mass is 299 g/mol. The first-order valence-electron chi connectivity index (χ1n) is 7.69. The van der Waals surface area contributed by atoms with E-state index >= 15 is 0 Å². The average molecular weight is 299 g/mol. The molecule has 0 unspecified atom stereocenters. The van der Waals surface area contributed by atoms with Gasteiger partial charge < -0.3 is 10.1 Å². The molecule has 0 aliphatic heterocycles. The second-order valence-corrected chi connectivity index (χ2v) is 5.58. The van der Waals surface area contributed by atoms with Crippen LogP contribution in [0.25, 0.3) is 0 Å². The van der Waals surface area contributed by atoms with Crippen molar-refractivity contribution in [2.24, 2.45) is 0 Å². The third-order valence-corrected chi connectivity index (χ3v) is 4.00. The summed E-state index contributed by atoms with van der Waals surface area (Å²) in [6.45, 7) is 1.38. The van der Waals surface area contributed by atoms with E-state index in [1.165, 1.54) is 5.56 Å². The number of fused-ring (bicyclic) bond motifs is 1. The summed E-state index contributed by atoms with van der Waals surface area (Å²) in [5, 5.41) is 7.75. The lowest BCUT2D eigenvalue weighted by Gasteiger charge is -2.22. The van der Waals surface area contributed by atoms with Crippen LogP contribution in [-0.4, -0.2) is 29.4 Å². The van der Waals surface area contributed by atoms with Crippen LogP contribution in [0.4, 0.5) is 0 Å². The van der Waals surface area contributed by atoms with Gasteiger partial charge in [-0.15, -0.1) is 0 Å². The van der Waals surface area contributed by atoms with E-state index < -0.39 is 0 Å². The lowest BCUT2D eigenvalue weighted by Crippen LogP contribution is -2.31. The summed E-state index contributed by atoms with van der Waals surface area (Å²) in [6.07, 6.45) is 5.12. The van der Waals surface area contributed by atoms with Crippen LogP contribution >= 0.6 is 0 Å². The summed E-state index contributed by atoms with van der Waals surface area (Å²) < 4.78 is 7.01. The number of hydrogen-bond acceptors (Lipinski definition) is 3. The highest BCUT2D eigenvalue weighted by Crippen LogP contribution is 2.28. The highest BCUT2D eigenvalue weighted by molar-refractivity contribution is 5.94. The second kappa shape index (κ2) is 6.75. The van der Waals surface area contributed by atoms with Gasteiger partial charge in [0, 0.05) is 18.9 Å². The van der Waals surface area contributed by atoms with Gasteiger partial charge in [0.05, 0.1) is 24.9 Å². The van der Waals surface area contributed by atoms with Gasteiger partial charge >= 0.3 is 0 Å². The first-order valence-corrected chi connectivity index (χ1v) is 7.69. The van der Waals surface area contributed by atoms with Crippen molar-refractivity contribution in [2.75, 3.05) is 13.7 Å². The molecule has 0 radical (unpaired) electrons. The van der Waals surface area contributed by atoms with Crippen LogP contribution in [0.1, 0.15) is 40.5 Å². The fourth-order valence-corrected chi connectivity index (χ4v) is 2.87. The Bertz CT molecular complexity index is 637. The van der Waals surface area contributed by atoms with Crippen LogP contribution in [0.5, 0.6) is 0 Å². The van der Waals surface area contributed by atoms with Gasteiger partial charge in [-0.1, -0.05) is 18.2 Å². The van der Waals surface area contributed by atoms with Crippen molar-refractivity contribution in [2.45, 2.75) is 31.8 Å². The van der Waals surface area contributed by atoms with Gasteiger partial charge in [-0.05, 0) is 37.0 Å². The molecular weight excluding hydrogens is 278 g/mol. The molecule has 0 spiro atoms. The SMILES string of the molecule is COCCn1cc2c(n1)[C@H](NC(=O)c1ccccc1)CCC2. The standard InChI is InChI=1S/C17H21N3O2/c1-22-11-10-20-12-14-8-5-9-15(16(14)19-20)18-17(21)13-6-3-2-4-7-13/h2-4,6-7,12,15H,5,8-11H2,1H3,(H,18,21)/t15-/m1/s1. The van der Waals surface area contributed by atoms with E-state index in [-0.39, 0.29) is 11.9 Å². The fraction of sp³-hybridized carbons (Fsp3) is 0.412. The number of benzene rings is 1. The second-order valence-electron chi connectivity index (χ2n) is 5.58. The predicted molar refractivity (Wildman–Crippen MR) is 83.7 cm³/mol. The van der Waals surface area contributed by atoms with Crippen LogP contribution in [0.15, 0.2) is 36.5 Å². The Labute approximate surface area is 130 Å². The summed E-state index contributed by atoms with van der Waals surface area (Å²) in [5.74, 6) is -0.0371. The topological polar surface area (TPSA) is 56.1 Å². The van der Waals surface area contributed by atoms with Gasteiger partial charge in [0.1, 0.15) is 0 Å². The molecule has 1 aromatic heterocycles. The molecule has 0 saturated carbocycles. The molecule has 1 aliphatic rings. The Morgan fingerprint density at radius 2 is 2.23 bits per heavy atom. The molecule has 0 fully saturated rings. The first-order chi connectivity index (χ1) is 10.8. The van der Waals surface area contributed by atoms with E-state index in [0.29, 0.717) is 12.2 Å². The van der Waals surface area contributed by atoms with Gasteiger partial charge in [-0.2, -0.15) is 5.10 Å². The molecule has 1 heterocycles. The zero-order valence-corrected chi connectivity index (χ0v) is 12.8. The molecule has 0 bridgehead atoms. The van der Waals surface area contributed by atoms with E-state index in [2.05, 4.69) is 16.6 Å². The summed E-state index contributed by atoms with van der Waals surface area (Å²) >= 11 is 0. The number of ether oxygens (including phenoxy) is 1. The van der Waals surface area contributed by atoms with Crippen LogP contribution in [0.2, 0.25) is 0 Å². The van der Waals surface area contributed by atoms with Gasteiger partial charge in [-0.25, -0.2) is 0 Å². The Kier molecular flexibility index (Phi) is 4.53. The molecule has 22 heavy (non-hydrogen) atoms. The minimum Gasteiger partial charge on any atom is -0.383 e. The quantitative estimate of drug-likeness (QED) is 0.922. The number of aromatic nitrogens is 2. The molecule has 1 amide bonds. The molecule has 116 valence electrons. The number of aryl methyl sites for hydroxylation is 1. The number of nitrogens with one attached hydrogen (secondary N) is 1. The van der Waals surface area contributed by atoms with Crippen LogP contribution < -0.4 is 5.32 Å². The Morgan fingerprint density at radius 1 is 1.41 bits per heavy atom. The molecule has 5 heteroatoms. The number of hydrogen-bond donors (Lipinski definition) is 1. The Balaban J connectivity index is 1.74. The molecule has 1 aromatic carbocycles. The molecule has 2 aromatic rings. The highest BCUT2D eigenvalue weighted by atomic mass is 16.5. The largest absolute Gasteiger partial charge is 0.383 e. The molecule has 1 N–H and O–H groups in total. The Hall–Kier alpha value is -2.14. The zero-order valence-electron chi connectivity index (χ0n) is 12.8. The Morgan fingerprint density at radius 3 is 3.00 bits per heavy atom. The van der Waals surface area contributed by atoms with Crippen molar-refractivity contribution in [3.05, 3.63) is 53.3 Å². The van der Waals surface area contributed by atoms with Gasteiger partial charge in [0.25, 0.3) is 5.91 Å².